The summed E-state index contributed by atoms with van der Waals surface area (Å²) in [7, 11) is 0. The summed E-state index contributed by atoms with van der Waals surface area (Å²) >= 11 is 0. The van der Waals surface area contributed by atoms with Crippen LogP contribution in [0.3, 0.4) is 0 Å². The van der Waals surface area contributed by atoms with Crippen LogP contribution >= 0.6 is 0 Å². The molecule has 2 heteroatoms. The van der Waals surface area contributed by atoms with Crippen molar-refractivity contribution >= 4 is 5.69 Å². The molecule has 0 radical (unpaired) electrons. The van der Waals surface area contributed by atoms with Crippen LogP contribution < -0.4 is 10.5 Å². The van der Waals surface area contributed by atoms with E-state index in [-0.39, 0.29) is 0 Å². The second kappa shape index (κ2) is 7.65. The average Bonchev–Trinajstić information content (AvgIpc) is 2.71. The Hall–Kier alpha value is -2.74. The third-order valence-corrected chi connectivity index (χ3v) is 5.47. The normalized spacial score (nSPS) is 19.8. The van der Waals surface area contributed by atoms with Crippen LogP contribution in [0.2, 0.25) is 0 Å². The van der Waals surface area contributed by atoms with Gasteiger partial charge in [0.25, 0.3) is 0 Å². The highest BCUT2D eigenvalue weighted by molar-refractivity contribution is 5.43. The molecule has 1 aliphatic carbocycles. The number of ether oxygens (including phenoxy) is 1. The van der Waals surface area contributed by atoms with E-state index in [1.807, 2.05) is 24.3 Å². The largest absolute Gasteiger partial charge is 0.457 e. The Bertz CT molecular complexity index is 816. The van der Waals surface area contributed by atoms with E-state index < -0.39 is 0 Å². The quantitative estimate of drug-likeness (QED) is 0.549. The van der Waals surface area contributed by atoms with Crippen molar-refractivity contribution in [3.8, 4) is 11.5 Å². The van der Waals surface area contributed by atoms with E-state index in [2.05, 4.69) is 54.6 Å². The molecule has 0 heterocycles. The van der Waals surface area contributed by atoms with Crippen LogP contribution in [0.15, 0.2) is 78.9 Å². The summed E-state index contributed by atoms with van der Waals surface area (Å²) in [5.41, 5.74) is 9.39. The van der Waals surface area contributed by atoms with Crippen molar-refractivity contribution in [1.82, 2.24) is 0 Å². The topological polar surface area (TPSA) is 35.2 Å². The first kappa shape index (κ1) is 16.7. The van der Waals surface area contributed by atoms with E-state index in [1.165, 1.54) is 36.8 Å². The van der Waals surface area contributed by atoms with E-state index in [9.17, 15) is 0 Å². The number of benzene rings is 3. The fourth-order valence-corrected chi connectivity index (χ4v) is 3.97. The van der Waals surface area contributed by atoms with Gasteiger partial charge in [-0.05, 0) is 85.0 Å². The highest BCUT2D eigenvalue weighted by Crippen LogP contribution is 2.40. The second-order valence-corrected chi connectivity index (χ2v) is 7.20. The van der Waals surface area contributed by atoms with Gasteiger partial charge in [-0.2, -0.15) is 0 Å². The van der Waals surface area contributed by atoms with Gasteiger partial charge in [0, 0.05) is 5.69 Å². The maximum absolute atomic E-state index is 5.90. The first-order valence-electron chi connectivity index (χ1n) is 9.46. The minimum atomic E-state index is 0.667. The molecule has 4 rings (SSSR count). The monoisotopic (exact) mass is 343 g/mol. The van der Waals surface area contributed by atoms with Crippen molar-refractivity contribution in [3.63, 3.8) is 0 Å². The summed E-state index contributed by atoms with van der Waals surface area (Å²) < 4.78 is 5.90. The van der Waals surface area contributed by atoms with Crippen molar-refractivity contribution < 1.29 is 4.74 Å². The number of anilines is 1. The van der Waals surface area contributed by atoms with Crippen molar-refractivity contribution in [2.45, 2.75) is 37.5 Å². The number of hydrogen-bond donors (Lipinski definition) is 1. The standard InChI is InChI=1S/C24H25NO/c25-22-12-16-24(17-13-22)26-23-14-10-21(11-15-23)20-8-6-19(7-9-20)18-4-2-1-3-5-18/h1-5,10-17,19-20H,6-9,25H2. The molecular weight excluding hydrogens is 318 g/mol. The van der Waals surface area contributed by atoms with Crippen LogP contribution in [-0.2, 0) is 0 Å². The van der Waals surface area contributed by atoms with Gasteiger partial charge in [0.2, 0.25) is 0 Å². The lowest BCUT2D eigenvalue weighted by molar-refractivity contribution is 0.396. The van der Waals surface area contributed by atoms with Gasteiger partial charge in [0.05, 0.1) is 0 Å². The lowest BCUT2D eigenvalue weighted by atomic mass is 9.76. The van der Waals surface area contributed by atoms with Crippen LogP contribution in [0, 0.1) is 0 Å². The third kappa shape index (κ3) is 3.91. The first-order chi connectivity index (χ1) is 12.8. The SMILES string of the molecule is Nc1ccc(Oc2ccc(C3CCC(c4ccccc4)CC3)cc2)cc1. The fraction of sp³-hybridized carbons (Fsp3) is 0.250. The molecule has 2 nitrogen and oxygen atoms in total. The van der Waals surface area contributed by atoms with Gasteiger partial charge in [-0.3, -0.25) is 0 Å². The first-order valence-corrected chi connectivity index (χ1v) is 9.46. The van der Waals surface area contributed by atoms with Crippen LogP contribution in [0.25, 0.3) is 0 Å². The van der Waals surface area contributed by atoms with Crippen molar-refractivity contribution in [1.29, 1.82) is 0 Å². The molecule has 0 aliphatic heterocycles. The van der Waals surface area contributed by atoms with E-state index in [0.29, 0.717) is 5.92 Å². The molecule has 0 amide bonds. The Balaban J connectivity index is 1.36. The molecule has 26 heavy (non-hydrogen) atoms. The second-order valence-electron chi connectivity index (χ2n) is 7.20. The zero-order valence-electron chi connectivity index (χ0n) is 15.0. The van der Waals surface area contributed by atoms with Gasteiger partial charge in [-0.15, -0.1) is 0 Å². The molecule has 1 fully saturated rings. The van der Waals surface area contributed by atoms with Gasteiger partial charge >= 0.3 is 0 Å². The summed E-state index contributed by atoms with van der Waals surface area (Å²) in [5.74, 6) is 3.08. The van der Waals surface area contributed by atoms with Crippen molar-refractivity contribution in [2.24, 2.45) is 0 Å². The Morgan fingerprint density at radius 1 is 0.577 bits per heavy atom. The van der Waals surface area contributed by atoms with Crippen LogP contribution in [-0.4, -0.2) is 0 Å². The number of rotatable bonds is 4. The predicted octanol–water partition coefficient (Wildman–Crippen LogP) is 6.50. The molecule has 2 N–H and O–H groups in total. The van der Waals surface area contributed by atoms with Gasteiger partial charge in [0.1, 0.15) is 11.5 Å². The summed E-state index contributed by atoms with van der Waals surface area (Å²) in [6.07, 6.45) is 5.08. The Kier molecular flexibility index (Phi) is 4.92. The van der Waals surface area contributed by atoms with Gasteiger partial charge in [0.15, 0.2) is 0 Å². The number of nitrogen functional groups attached to an aromatic ring is 1. The van der Waals surface area contributed by atoms with Gasteiger partial charge in [-0.25, -0.2) is 0 Å². The molecular formula is C24H25NO. The van der Waals surface area contributed by atoms with E-state index >= 15 is 0 Å². The molecule has 3 aromatic rings. The molecule has 1 saturated carbocycles. The molecule has 0 spiro atoms. The minimum absolute atomic E-state index is 0.667. The molecule has 132 valence electrons. The molecule has 0 bridgehead atoms. The van der Waals surface area contributed by atoms with Crippen LogP contribution in [0.4, 0.5) is 5.69 Å². The number of nitrogens with two attached hydrogens (primary N) is 1. The van der Waals surface area contributed by atoms with E-state index in [0.717, 1.165) is 23.1 Å². The third-order valence-electron chi connectivity index (χ3n) is 5.47. The fourth-order valence-electron chi connectivity index (χ4n) is 3.97. The Morgan fingerprint density at radius 2 is 1.04 bits per heavy atom. The summed E-state index contributed by atoms with van der Waals surface area (Å²) in [6, 6.07) is 27.1. The summed E-state index contributed by atoms with van der Waals surface area (Å²) in [5, 5.41) is 0. The van der Waals surface area contributed by atoms with Gasteiger partial charge < -0.3 is 10.5 Å². The van der Waals surface area contributed by atoms with Crippen molar-refractivity contribution in [3.05, 3.63) is 90.0 Å². The zero-order chi connectivity index (χ0) is 17.8. The lowest BCUT2D eigenvalue weighted by Crippen LogP contribution is -2.12. The van der Waals surface area contributed by atoms with Crippen LogP contribution in [0.1, 0.15) is 48.6 Å². The zero-order valence-corrected chi connectivity index (χ0v) is 15.0. The van der Waals surface area contributed by atoms with E-state index in [1.54, 1.807) is 0 Å². The molecule has 0 atom stereocenters. The lowest BCUT2D eigenvalue weighted by Gasteiger charge is -2.29. The smallest absolute Gasteiger partial charge is 0.127 e. The van der Waals surface area contributed by atoms with Gasteiger partial charge in [-0.1, -0.05) is 42.5 Å². The maximum Gasteiger partial charge on any atom is 0.127 e. The molecule has 0 aromatic heterocycles. The molecule has 1 aliphatic rings. The minimum Gasteiger partial charge on any atom is -0.457 e. The average molecular weight is 343 g/mol. The highest BCUT2D eigenvalue weighted by atomic mass is 16.5. The molecule has 3 aromatic carbocycles. The molecule has 0 unspecified atom stereocenters. The number of hydrogen-bond acceptors (Lipinski definition) is 2. The predicted molar refractivity (Wildman–Crippen MR) is 108 cm³/mol. The summed E-state index contributed by atoms with van der Waals surface area (Å²) in [6.45, 7) is 0. The van der Waals surface area contributed by atoms with E-state index in [4.69, 9.17) is 10.5 Å². The highest BCUT2D eigenvalue weighted by Gasteiger charge is 2.23. The molecule has 0 saturated heterocycles. The maximum atomic E-state index is 5.90. The Labute approximate surface area is 155 Å². The van der Waals surface area contributed by atoms with Crippen molar-refractivity contribution in [2.75, 3.05) is 5.73 Å². The van der Waals surface area contributed by atoms with Crippen LogP contribution in [0.5, 0.6) is 11.5 Å². The summed E-state index contributed by atoms with van der Waals surface area (Å²) in [4.78, 5) is 0. The Morgan fingerprint density at radius 3 is 1.58 bits per heavy atom.